The molecule has 0 amide bonds. The summed E-state index contributed by atoms with van der Waals surface area (Å²) in [5.74, 6) is 0.876. The van der Waals surface area contributed by atoms with Crippen LogP contribution in [0.3, 0.4) is 0 Å². The van der Waals surface area contributed by atoms with E-state index in [0.717, 1.165) is 16.5 Å². The van der Waals surface area contributed by atoms with Crippen molar-refractivity contribution in [3.8, 4) is 17.2 Å². The fraction of sp³-hybridized carbons (Fsp3) is 0.200. The Morgan fingerprint density at radius 1 is 0.848 bits per heavy atom. The van der Waals surface area contributed by atoms with Crippen LogP contribution in [0.2, 0.25) is 0 Å². The molecule has 1 heterocycles. The molecule has 8 heteroatoms. The Morgan fingerprint density at radius 3 is 2.12 bits per heavy atom. The monoisotopic (exact) mass is 466 g/mol. The minimum Gasteiger partial charge on any atom is -0.493 e. The van der Waals surface area contributed by atoms with Crippen molar-refractivity contribution in [1.82, 2.24) is 4.57 Å². The van der Waals surface area contributed by atoms with E-state index in [9.17, 15) is 8.42 Å². The van der Waals surface area contributed by atoms with Gasteiger partial charge in [0, 0.05) is 36.3 Å². The maximum absolute atomic E-state index is 14.0. The molecule has 0 fully saturated rings. The van der Waals surface area contributed by atoms with Gasteiger partial charge in [-0.1, -0.05) is 30.3 Å². The molecule has 0 spiro atoms. The molecule has 4 aromatic rings. The van der Waals surface area contributed by atoms with Gasteiger partial charge < -0.3 is 18.8 Å². The summed E-state index contributed by atoms with van der Waals surface area (Å²) in [7, 11) is 2.35. The van der Waals surface area contributed by atoms with E-state index in [-0.39, 0.29) is 22.9 Å². The lowest BCUT2D eigenvalue weighted by molar-refractivity contribution is 0.323. The number of aromatic nitrogens is 1. The summed E-state index contributed by atoms with van der Waals surface area (Å²) in [6.07, 6.45) is 1.95. The summed E-state index contributed by atoms with van der Waals surface area (Å²) >= 11 is 0. The first-order valence-electron chi connectivity index (χ1n) is 10.3. The number of fused-ring (bicyclic) bond motifs is 1. The van der Waals surface area contributed by atoms with Gasteiger partial charge in [-0.25, -0.2) is 8.42 Å². The second-order valence-corrected chi connectivity index (χ2v) is 9.39. The van der Waals surface area contributed by atoms with E-state index >= 15 is 0 Å². The summed E-state index contributed by atoms with van der Waals surface area (Å²) in [4.78, 5) is 0.0427. The van der Waals surface area contributed by atoms with Gasteiger partial charge in [-0.3, -0.25) is 4.31 Å². The first-order chi connectivity index (χ1) is 15.9. The third-order valence-corrected chi connectivity index (χ3v) is 7.30. The molecule has 0 aliphatic rings. The summed E-state index contributed by atoms with van der Waals surface area (Å²) < 4.78 is 47.5. The number of hydrogen-bond acceptors (Lipinski definition) is 5. The van der Waals surface area contributed by atoms with Gasteiger partial charge in [0.05, 0.1) is 38.5 Å². The number of rotatable bonds is 8. The van der Waals surface area contributed by atoms with Crippen LogP contribution in [0.15, 0.2) is 77.8 Å². The number of hydrogen-bond donors (Lipinski definition) is 0. The second-order valence-electron chi connectivity index (χ2n) is 7.53. The molecule has 1 aromatic heterocycles. The molecule has 0 saturated carbocycles. The molecule has 0 bridgehead atoms. The van der Waals surface area contributed by atoms with E-state index in [4.69, 9.17) is 14.2 Å². The summed E-state index contributed by atoms with van der Waals surface area (Å²) in [5, 5.41) is 0.952. The number of aryl methyl sites for hydroxylation is 1. The van der Waals surface area contributed by atoms with E-state index in [2.05, 4.69) is 0 Å². The largest absolute Gasteiger partial charge is 0.493 e. The molecule has 0 unspecified atom stereocenters. The summed E-state index contributed by atoms with van der Waals surface area (Å²) in [5.41, 5.74) is 2.44. The molecule has 172 valence electrons. The van der Waals surface area contributed by atoms with Crippen molar-refractivity contribution in [2.24, 2.45) is 7.05 Å². The third-order valence-electron chi connectivity index (χ3n) is 5.55. The van der Waals surface area contributed by atoms with Crippen molar-refractivity contribution in [2.75, 3.05) is 25.6 Å². The molecule has 0 aliphatic heterocycles. The standard InChI is InChI=1S/C25H26N2O5S/c1-26-13-12-19-14-20(10-11-22(19)26)27(17-18-8-6-5-7-9-18)33(28,29)21-15-23(30-2)25(32-4)24(16-21)31-3/h5-16H,17H2,1-4H3. The summed E-state index contributed by atoms with van der Waals surface area (Å²) in [6.45, 7) is 0.165. The Kier molecular flexibility index (Phi) is 6.20. The predicted molar refractivity (Wildman–Crippen MR) is 129 cm³/mol. The maximum Gasteiger partial charge on any atom is 0.264 e. The highest BCUT2D eigenvalue weighted by atomic mass is 32.2. The summed E-state index contributed by atoms with van der Waals surface area (Å²) in [6, 6.07) is 20.0. The zero-order valence-electron chi connectivity index (χ0n) is 19.0. The van der Waals surface area contributed by atoms with Crippen molar-refractivity contribution >= 4 is 26.6 Å². The van der Waals surface area contributed by atoms with Crippen LogP contribution in [0, 0.1) is 0 Å². The van der Waals surface area contributed by atoms with Gasteiger partial charge in [0.15, 0.2) is 11.5 Å². The van der Waals surface area contributed by atoms with Crippen LogP contribution >= 0.6 is 0 Å². The molecule has 0 saturated heterocycles. The number of methoxy groups -OCH3 is 3. The fourth-order valence-electron chi connectivity index (χ4n) is 3.82. The number of benzene rings is 3. The molecule has 33 heavy (non-hydrogen) atoms. The highest BCUT2D eigenvalue weighted by Crippen LogP contribution is 2.41. The van der Waals surface area contributed by atoms with Crippen molar-refractivity contribution < 1.29 is 22.6 Å². The first-order valence-corrected chi connectivity index (χ1v) is 11.7. The maximum atomic E-state index is 14.0. The lowest BCUT2D eigenvalue weighted by Gasteiger charge is -2.26. The van der Waals surface area contributed by atoms with Crippen molar-refractivity contribution in [3.05, 3.63) is 78.5 Å². The van der Waals surface area contributed by atoms with Crippen LogP contribution in [-0.2, 0) is 23.6 Å². The van der Waals surface area contributed by atoms with E-state index in [1.54, 1.807) is 0 Å². The van der Waals surface area contributed by atoms with Crippen molar-refractivity contribution in [1.29, 1.82) is 0 Å². The molecule has 0 atom stereocenters. The van der Waals surface area contributed by atoms with Crippen LogP contribution in [-0.4, -0.2) is 34.3 Å². The number of ether oxygens (including phenoxy) is 3. The van der Waals surface area contributed by atoms with Gasteiger partial charge >= 0.3 is 0 Å². The molecule has 0 N–H and O–H groups in total. The number of nitrogens with zero attached hydrogens (tertiary/aromatic N) is 2. The Hall–Kier alpha value is -3.65. The number of anilines is 1. The van der Waals surface area contributed by atoms with Crippen LogP contribution < -0.4 is 18.5 Å². The van der Waals surface area contributed by atoms with E-state index in [0.29, 0.717) is 11.4 Å². The Bertz CT molecular complexity index is 1360. The van der Waals surface area contributed by atoms with Gasteiger partial charge in [-0.15, -0.1) is 0 Å². The molecule has 0 radical (unpaired) electrons. The van der Waals surface area contributed by atoms with Crippen LogP contribution in [0.25, 0.3) is 10.9 Å². The zero-order valence-corrected chi connectivity index (χ0v) is 19.8. The predicted octanol–water partition coefficient (Wildman–Crippen LogP) is 4.60. The van der Waals surface area contributed by atoms with E-state index in [1.165, 1.54) is 37.8 Å². The van der Waals surface area contributed by atoms with Gasteiger partial charge in [-0.05, 0) is 29.8 Å². The highest BCUT2D eigenvalue weighted by Gasteiger charge is 2.29. The van der Waals surface area contributed by atoms with E-state index in [1.807, 2.05) is 72.4 Å². The van der Waals surface area contributed by atoms with Crippen molar-refractivity contribution in [3.63, 3.8) is 0 Å². The zero-order chi connectivity index (χ0) is 23.6. The average molecular weight is 467 g/mol. The lowest BCUT2D eigenvalue weighted by Crippen LogP contribution is -2.30. The SMILES string of the molecule is COc1cc(S(=O)(=O)N(Cc2ccccc2)c2ccc3c(ccn3C)c2)cc(OC)c1OC. The molecular formula is C25H26N2O5S. The third kappa shape index (κ3) is 4.21. The fourth-order valence-corrected chi connectivity index (χ4v) is 5.30. The average Bonchev–Trinajstić information content (AvgIpc) is 3.21. The highest BCUT2D eigenvalue weighted by molar-refractivity contribution is 7.92. The Morgan fingerprint density at radius 2 is 1.52 bits per heavy atom. The quantitative estimate of drug-likeness (QED) is 0.380. The second kappa shape index (κ2) is 9.07. The first kappa shape index (κ1) is 22.5. The molecule has 0 aliphatic carbocycles. The van der Waals surface area contributed by atoms with E-state index < -0.39 is 10.0 Å². The van der Waals surface area contributed by atoms with Gasteiger partial charge in [0.1, 0.15) is 0 Å². The van der Waals surface area contributed by atoms with Crippen molar-refractivity contribution in [2.45, 2.75) is 11.4 Å². The minimum atomic E-state index is -3.99. The molecule has 4 rings (SSSR count). The minimum absolute atomic E-state index is 0.0427. The molecule has 3 aromatic carbocycles. The van der Waals surface area contributed by atoms with Gasteiger partial charge in [-0.2, -0.15) is 0 Å². The Labute approximate surface area is 193 Å². The topological polar surface area (TPSA) is 70.0 Å². The lowest BCUT2D eigenvalue weighted by atomic mass is 10.2. The number of sulfonamides is 1. The smallest absolute Gasteiger partial charge is 0.264 e. The van der Waals surface area contributed by atoms with Crippen LogP contribution in [0.1, 0.15) is 5.56 Å². The van der Waals surface area contributed by atoms with Crippen LogP contribution in [0.4, 0.5) is 5.69 Å². The normalized spacial score (nSPS) is 11.4. The Balaban J connectivity index is 1.88. The molecular weight excluding hydrogens is 440 g/mol. The molecule has 7 nitrogen and oxygen atoms in total. The van der Waals surface area contributed by atoms with Gasteiger partial charge in [0.2, 0.25) is 5.75 Å². The van der Waals surface area contributed by atoms with Crippen LogP contribution in [0.5, 0.6) is 17.2 Å². The van der Waals surface area contributed by atoms with Gasteiger partial charge in [0.25, 0.3) is 10.0 Å².